The molecule has 250 valence electrons. The number of aromatic nitrogens is 2. The van der Waals surface area contributed by atoms with Crippen molar-refractivity contribution in [1.29, 1.82) is 0 Å². The van der Waals surface area contributed by atoms with Crippen LogP contribution in [-0.4, -0.2) is 65.1 Å². The first-order chi connectivity index (χ1) is 21.2. The molecule has 3 atom stereocenters. The van der Waals surface area contributed by atoms with Crippen LogP contribution in [-0.2, 0) is 20.2 Å². The third-order valence-corrected chi connectivity index (χ3v) is 10.1. The van der Waals surface area contributed by atoms with Crippen LogP contribution >= 0.6 is 0 Å². The molecule has 0 aromatic carbocycles. The highest BCUT2D eigenvalue weighted by Gasteiger charge is 2.44. The largest absolute Gasteiger partial charge is 0.444 e. The number of nitrogen functional groups attached to an aromatic ring is 1. The van der Waals surface area contributed by atoms with Crippen molar-refractivity contribution < 1.29 is 22.7 Å². The third kappa shape index (κ3) is 6.72. The smallest absolute Gasteiger partial charge is 0.411 e. The minimum atomic E-state index is -4.35. The van der Waals surface area contributed by atoms with Gasteiger partial charge in [-0.1, -0.05) is 39.8 Å². The number of carbonyl (C=O) groups excluding carboxylic acids is 2. The Morgan fingerprint density at radius 3 is 2.35 bits per heavy atom. The molecule has 46 heavy (non-hydrogen) atoms. The molecule has 11 nitrogen and oxygen atoms in total. The monoisotopic (exact) mass is 652 g/mol. The lowest BCUT2D eigenvalue weighted by Crippen LogP contribution is -2.45. The van der Waals surface area contributed by atoms with Gasteiger partial charge in [0.25, 0.3) is 15.9 Å². The van der Waals surface area contributed by atoms with E-state index in [2.05, 4.69) is 35.4 Å². The Kier molecular flexibility index (Phi) is 8.45. The molecule has 5 heterocycles. The van der Waals surface area contributed by atoms with Crippen LogP contribution in [0.1, 0.15) is 110 Å². The molecule has 0 aliphatic carbocycles. The molecular weight excluding hydrogens is 604 g/mol. The zero-order chi connectivity index (χ0) is 34.0. The molecule has 2 aromatic rings. The van der Waals surface area contributed by atoms with Crippen LogP contribution in [0.5, 0.6) is 0 Å². The summed E-state index contributed by atoms with van der Waals surface area (Å²) in [6.45, 7) is 18.9. The molecular formula is C34H48N6O5S. The van der Waals surface area contributed by atoms with Gasteiger partial charge in [-0.2, -0.15) is 8.42 Å². The van der Waals surface area contributed by atoms with Crippen LogP contribution in [0, 0.1) is 5.92 Å². The molecule has 2 fully saturated rings. The second-order valence-corrected chi connectivity index (χ2v) is 17.3. The topological polar surface area (TPSA) is 148 Å². The maximum absolute atomic E-state index is 14.3. The van der Waals surface area contributed by atoms with E-state index < -0.39 is 26.9 Å². The van der Waals surface area contributed by atoms with Crippen LogP contribution in [0.15, 0.2) is 35.4 Å². The fraction of sp³-hybridized carbons (Fsp3) is 0.588. The van der Waals surface area contributed by atoms with Gasteiger partial charge in [0.2, 0.25) is 0 Å². The van der Waals surface area contributed by atoms with E-state index in [4.69, 9.17) is 15.5 Å². The van der Waals surface area contributed by atoms with Gasteiger partial charge in [-0.3, -0.25) is 9.69 Å². The average Bonchev–Trinajstić information content (AvgIpc) is 3.35. The van der Waals surface area contributed by atoms with Gasteiger partial charge in [-0.25, -0.2) is 19.5 Å². The number of nitrogens with zero attached hydrogens (tertiary/aromatic N) is 4. The molecule has 0 radical (unpaired) electrons. The highest BCUT2D eigenvalue weighted by molar-refractivity contribution is 7.90. The highest BCUT2D eigenvalue weighted by Crippen LogP contribution is 2.45. The minimum Gasteiger partial charge on any atom is -0.444 e. The number of nitrogens with one attached hydrogen (secondary N) is 1. The van der Waals surface area contributed by atoms with Crippen molar-refractivity contribution in [3.8, 4) is 0 Å². The standard InChI is InChI=1S/C34H48N6O5S/c1-20-18-34(8,9)39(19-20)26-17-24(30(41)38-46(43,44)27-12-10-11-25(35)36-27)28(29(37-26)32(2,3)4)21-15-22-13-14-23(16-21)40(22)31(42)45-33(5,6)7/h10-12,15,17,20,22-23H,13-14,16,18-19H2,1-9H3,(H2,35,36)(H,38,41)/t20-,22?,23?/m0/s1. The van der Waals surface area contributed by atoms with Gasteiger partial charge < -0.3 is 15.4 Å². The summed E-state index contributed by atoms with van der Waals surface area (Å²) >= 11 is 0. The maximum atomic E-state index is 14.3. The fourth-order valence-electron chi connectivity index (χ4n) is 7.13. The van der Waals surface area contributed by atoms with Crippen molar-refractivity contribution in [1.82, 2.24) is 19.6 Å². The zero-order valence-corrected chi connectivity index (χ0v) is 29.3. The number of anilines is 2. The van der Waals surface area contributed by atoms with Crippen LogP contribution in [0.3, 0.4) is 0 Å². The van der Waals surface area contributed by atoms with Crippen LogP contribution in [0.2, 0.25) is 0 Å². The summed E-state index contributed by atoms with van der Waals surface area (Å²) in [5.74, 6) is 0.293. The normalized spacial score (nSPS) is 22.9. The van der Waals surface area contributed by atoms with Crippen molar-refractivity contribution >= 4 is 39.2 Å². The van der Waals surface area contributed by atoms with Crippen LogP contribution in [0.4, 0.5) is 16.4 Å². The van der Waals surface area contributed by atoms with Gasteiger partial charge in [0.1, 0.15) is 17.2 Å². The molecule has 12 heteroatoms. The van der Waals surface area contributed by atoms with E-state index in [0.29, 0.717) is 29.4 Å². The molecule has 2 aromatic heterocycles. The predicted octanol–water partition coefficient (Wildman–Crippen LogP) is 5.66. The highest BCUT2D eigenvalue weighted by atomic mass is 32.2. The zero-order valence-electron chi connectivity index (χ0n) is 28.5. The lowest BCUT2D eigenvalue weighted by Gasteiger charge is -2.37. The van der Waals surface area contributed by atoms with E-state index in [9.17, 15) is 18.0 Å². The van der Waals surface area contributed by atoms with Gasteiger partial charge in [0.15, 0.2) is 5.03 Å². The van der Waals surface area contributed by atoms with E-state index in [-0.39, 0.29) is 40.1 Å². The maximum Gasteiger partial charge on any atom is 0.411 e. The van der Waals surface area contributed by atoms with Gasteiger partial charge in [-0.15, -0.1) is 0 Å². The van der Waals surface area contributed by atoms with Crippen molar-refractivity contribution in [2.75, 3.05) is 17.2 Å². The second-order valence-electron chi connectivity index (χ2n) is 15.7. The third-order valence-electron chi connectivity index (χ3n) is 8.88. The van der Waals surface area contributed by atoms with Crippen molar-refractivity contribution in [3.63, 3.8) is 0 Å². The van der Waals surface area contributed by atoms with E-state index in [1.54, 1.807) is 11.0 Å². The minimum absolute atomic E-state index is 0.0278. The molecule has 2 saturated heterocycles. The molecule has 3 N–H and O–H groups in total. The molecule has 3 aliphatic heterocycles. The van der Waals surface area contributed by atoms with E-state index in [1.807, 2.05) is 47.6 Å². The summed E-state index contributed by atoms with van der Waals surface area (Å²) in [5, 5.41) is -0.342. The SMILES string of the molecule is C[C@@H]1CN(c2cc(C(=O)NS(=O)(=O)c3cccc(N)n3)c(C3=CC4CCC(C3)N4C(=O)OC(C)(C)C)c(C(C)(C)C)n2)C(C)(C)C1. The predicted molar refractivity (Wildman–Crippen MR) is 179 cm³/mol. The van der Waals surface area contributed by atoms with Gasteiger partial charge >= 0.3 is 6.09 Å². The van der Waals surface area contributed by atoms with Crippen LogP contribution in [0.25, 0.3) is 5.57 Å². The Hall–Kier alpha value is -3.67. The number of hydrogen-bond acceptors (Lipinski definition) is 9. The van der Waals surface area contributed by atoms with Crippen molar-refractivity contribution in [2.24, 2.45) is 5.92 Å². The summed E-state index contributed by atoms with van der Waals surface area (Å²) < 4.78 is 34.9. The number of nitrogens with two attached hydrogens (primary N) is 1. The Balaban J connectivity index is 1.66. The summed E-state index contributed by atoms with van der Waals surface area (Å²) in [6.07, 6.45) is 4.66. The number of amides is 2. The first-order valence-corrected chi connectivity index (χ1v) is 17.5. The molecule has 0 spiro atoms. The van der Waals surface area contributed by atoms with Gasteiger partial charge in [0, 0.05) is 29.1 Å². The quantitative estimate of drug-likeness (QED) is 0.418. The van der Waals surface area contributed by atoms with E-state index >= 15 is 0 Å². The Labute approximate surface area is 273 Å². The molecule has 2 amide bonds. The molecule has 0 saturated carbocycles. The number of rotatable bonds is 5. The second kappa shape index (κ2) is 11.5. The number of fused-ring (bicyclic) bond motifs is 2. The number of ether oxygens (including phenoxy) is 1. The number of carbonyl (C=O) groups is 2. The van der Waals surface area contributed by atoms with Crippen molar-refractivity contribution in [2.45, 2.75) is 122 Å². The summed E-state index contributed by atoms with van der Waals surface area (Å²) in [5.41, 5.74) is 6.80. The molecule has 5 rings (SSSR count). The molecule has 2 bridgehead atoms. The Morgan fingerprint density at radius 2 is 1.78 bits per heavy atom. The summed E-state index contributed by atoms with van der Waals surface area (Å²) in [7, 11) is -4.35. The Morgan fingerprint density at radius 1 is 1.09 bits per heavy atom. The lowest BCUT2D eigenvalue weighted by molar-refractivity contribution is 0.0175. The van der Waals surface area contributed by atoms with Gasteiger partial charge in [-0.05, 0) is 90.0 Å². The fourth-order valence-corrected chi connectivity index (χ4v) is 8.07. The lowest BCUT2D eigenvalue weighted by atomic mass is 9.81. The average molecular weight is 653 g/mol. The first kappa shape index (κ1) is 33.7. The van der Waals surface area contributed by atoms with E-state index in [0.717, 1.165) is 31.4 Å². The molecule has 3 aliphatic rings. The molecule has 2 unspecified atom stereocenters. The first-order valence-electron chi connectivity index (χ1n) is 16.0. The number of pyridine rings is 2. The number of sulfonamides is 1. The van der Waals surface area contributed by atoms with Crippen molar-refractivity contribution in [3.05, 3.63) is 47.2 Å². The summed E-state index contributed by atoms with van der Waals surface area (Å²) in [4.78, 5) is 40.7. The van der Waals surface area contributed by atoms with Crippen LogP contribution < -0.4 is 15.4 Å². The number of hydrogen-bond donors (Lipinski definition) is 2. The Bertz CT molecular complexity index is 1690. The summed E-state index contributed by atoms with van der Waals surface area (Å²) in [6, 6.07) is 5.64. The van der Waals surface area contributed by atoms with Gasteiger partial charge in [0.05, 0.1) is 17.3 Å². The van der Waals surface area contributed by atoms with E-state index in [1.165, 1.54) is 18.2 Å².